The van der Waals surface area contributed by atoms with E-state index in [4.69, 9.17) is 11.6 Å². The molecule has 0 saturated heterocycles. The molecular weight excluding hydrogens is 274 g/mol. The molecule has 0 atom stereocenters. The normalized spacial score (nSPS) is 10.9. The van der Waals surface area contributed by atoms with Crippen molar-refractivity contribution >= 4 is 38.7 Å². The van der Waals surface area contributed by atoms with Crippen molar-refractivity contribution in [3.8, 4) is 10.4 Å². The highest BCUT2D eigenvalue weighted by atomic mass is 35.5. The molecule has 0 saturated carbocycles. The maximum absolute atomic E-state index is 6.39. The number of rotatable bonds is 2. The summed E-state index contributed by atoms with van der Waals surface area (Å²) < 4.78 is 1.23. The Labute approximate surface area is 122 Å². The van der Waals surface area contributed by atoms with Gasteiger partial charge in [0, 0.05) is 24.2 Å². The zero-order valence-electron chi connectivity index (χ0n) is 10.9. The molecule has 0 spiro atoms. The summed E-state index contributed by atoms with van der Waals surface area (Å²) in [6.45, 7) is 0. The molecule has 0 bridgehead atoms. The minimum Gasteiger partial charge on any atom is -0.376 e. The van der Waals surface area contributed by atoms with Crippen LogP contribution in [-0.2, 0) is 0 Å². The minimum absolute atomic E-state index is 0.819. The molecule has 2 aromatic carbocycles. The van der Waals surface area contributed by atoms with Crippen LogP contribution < -0.4 is 4.90 Å². The standard InChI is InChI=1S/C16H14ClNS/c1-18(2)15-14-12(17)9-6-10-13(14)19-16(15)11-7-4-3-5-8-11/h3-10H,1-2H3. The fourth-order valence-corrected chi connectivity index (χ4v) is 3.93. The second kappa shape index (κ2) is 4.87. The highest BCUT2D eigenvalue weighted by Crippen LogP contribution is 2.46. The number of anilines is 1. The number of nitrogens with zero attached hydrogens (tertiary/aromatic N) is 1. The van der Waals surface area contributed by atoms with Crippen molar-refractivity contribution in [2.24, 2.45) is 0 Å². The first-order valence-electron chi connectivity index (χ1n) is 6.12. The molecule has 0 aliphatic heterocycles. The average Bonchev–Trinajstić information content (AvgIpc) is 2.81. The van der Waals surface area contributed by atoms with Gasteiger partial charge in [0.05, 0.1) is 15.6 Å². The van der Waals surface area contributed by atoms with Gasteiger partial charge in [-0.05, 0) is 17.7 Å². The molecule has 96 valence electrons. The summed E-state index contributed by atoms with van der Waals surface area (Å²) in [5.74, 6) is 0. The number of hydrogen-bond donors (Lipinski definition) is 0. The van der Waals surface area contributed by atoms with Gasteiger partial charge in [-0.2, -0.15) is 0 Å². The summed E-state index contributed by atoms with van der Waals surface area (Å²) in [4.78, 5) is 3.42. The molecule has 3 aromatic rings. The van der Waals surface area contributed by atoms with Gasteiger partial charge in [0.1, 0.15) is 0 Å². The first-order chi connectivity index (χ1) is 9.18. The quantitative estimate of drug-likeness (QED) is 0.619. The van der Waals surface area contributed by atoms with Crippen LogP contribution in [0.25, 0.3) is 20.5 Å². The third-order valence-corrected chi connectivity index (χ3v) is 4.63. The fraction of sp³-hybridized carbons (Fsp3) is 0.125. The zero-order chi connectivity index (χ0) is 13.4. The second-order valence-corrected chi connectivity index (χ2v) is 6.11. The van der Waals surface area contributed by atoms with Crippen LogP contribution in [0.1, 0.15) is 0 Å². The van der Waals surface area contributed by atoms with E-state index in [9.17, 15) is 0 Å². The number of hydrogen-bond acceptors (Lipinski definition) is 2. The third kappa shape index (κ3) is 2.11. The van der Waals surface area contributed by atoms with E-state index in [0.29, 0.717) is 0 Å². The molecule has 0 N–H and O–H groups in total. The first kappa shape index (κ1) is 12.5. The average molecular weight is 288 g/mol. The molecule has 19 heavy (non-hydrogen) atoms. The molecule has 1 nitrogen and oxygen atoms in total. The van der Waals surface area contributed by atoms with Crippen LogP contribution in [0.2, 0.25) is 5.02 Å². The summed E-state index contributed by atoms with van der Waals surface area (Å²) in [5, 5.41) is 1.97. The molecule has 3 rings (SSSR count). The van der Waals surface area contributed by atoms with E-state index in [1.54, 1.807) is 11.3 Å². The number of fused-ring (bicyclic) bond motifs is 1. The van der Waals surface area contributed by atoms with Gasteiger partial charge in [0.2, 0.25) is 0 Å². The lowest BCUT2D eigenvalue weighted by atomic mass is 10.1. The highest BCUT2D eigenvalue weighted by Gasteiger charge is 2.17. The Hall–Kier alpha value is -1.51. The van der Waals surface area contributed by atoms with Crippen molar-refractivity contribution in [3.05, 3.63) is 53.6 Å². The largest absolute Gasteiger partial charge is 0.376 e. The molecule has 0 aliphatic carbocycles. The lowest BCUT2D eigenvalue weighted by molar-refractivity contribution is 1.15. The van der Waals surface area contributed by atoms with E-state index >= 15 is 0 Å². The Morgan fingerprint density at radius 3 is 2.37 bits per heavy atom. The molecule has 0 radical (unpaired) electrons. The van der Waals surface area contributed by atoms with Crippen LogP contribution in [0, 0.1) is 0 Å². The van der Waals surface area contributed by atoms with Gasteiger partial charge in [0.25, 0.3) is 0 Å². The van der Waals surface area contributed by atoms with E-state index in [0.717, 1.165) is 10.4 Å². The monoisotopic (exact) mass is 287 g/mol. The van der Waals surface area contributed by atoms with E-state index in [-0.39, 0.29) is 0 Å². The molecule has 0 amide bonds. The molecular formula is C16H14ClNS. The van der Waals surface area contributed by atoms with E-state index in [2.05, 4.69) is 49.3 Å². The summed E-state index contributed by atoms with van der Waals surface area (Å²) in [5.41, 5.74) is 2.44. The maximum atomic E-state index is 6.39. The predicted octanol–water partition coefficient (Wildman–Crippen LogP) is 5.29. The third-order valence-electron chi connectivity index (χ3n) is 3.12. The Bertz CT molecular complexity index is 716. The lowest BCUT2D eigenvalue weighted by Gasteiger charge is -2.15. The second-order valence-electron chi connectivity index (χ2n) is 4.65. The van der Waals surface area contributed by atoms with E-state index in [1.165, 1.54) is 20.8 Å². The molecule has 0 unspecified atom stereocenters. The molecule has 3 heteroatoms. The van der Waals surface area contributed by atoms with Crippen LogP contribution in [0.5, 0.6) is 0 Å². The maximum Gasteiger partial charge on any atom is 0.0645 e. The van der Waals surface area contributed by atoms with Crippen molar-refractivity contribution in [1.82, 2.24) is 0 Å². The summed E-state index contributed by atoms with van der Waals surface area (Å²) in [6.07, 6.45) is 0. The van der Waals surface area contributed by atoms with Gasteiger partial charge in [-0.25, -0.2) is 0 Å². The van der Waals surface area contributed by atoms with Crippen LogP contribution in [0.15, 0.2) is 48.5 Å². The number of halogens is 1. The smallest absolute Gasteiger partial charge is 0.0645 e. The molecule has 1 heterocycles. The first-order valence-corrected chi connectivity index (χ1v) is 7.31. The van der Waals surface area contributed by atoms with Crippen molar-refractivity contribution in [1.29, 1.82) is 0 Å². The Morgan fingerprint density at radius 2 is 1.68 bits per heavy atom. The predicted molar refractivity (Wildman–Crippen MR) is 86.6 cm³/mol. The van der Waals surface area contributed by atoms with Crippen molar-refractivity contribution in [3.63, 3.8) is 0 Å². The molecule has 0 fully saturated rings. The van der Waals surface area contributed by atoms with Gasteiger partial charge in [-0.15, -0.1) is 11.3 Å². The van der Waals surface area contributed by atoms with Crippen LogP contribution in [0.3, 0.4) is 0 Å². The van der Waals surface area contributed by atoms with Gasteiger partial charge in [-0.1, -0.05) is 48.0 Å². The summed E-state index contributed by atoms with van der Waals surface area (Å²) >= 11 is 8.18. The SMILES string of the molecule is CN(C)c1c(-c2ccccc2)sc2cccc(Cl)c12. The topological polar surface area (TPSA) is 3.24 Å². The fourth-order valence-electron chi connectivity index (χ4n) is 2.30. The van der Waals surface area contributed by atoms with Crippen molar-refractivity contribution in [2.45, 2.75) is 0 Å². The molecule has 0 aliphatic rings. The van der Waals surface area contributed by atoms with Crippen molar-refractivity contribution in [2.75, 3.05) is 19.0 Å². The van der Waals surface area contributed by atoms with E-state index < -0.39 is 0 Å². The van der Waals surface area contributed by atoms with E-state index in [1.807, 2.05) is 18.2 Å². The number of thiophene rings is 1. The van der Waals surface area contributed by atoms with Gasteiger partial charge >= 0.3 is 0 Å². The summed E-state index contributed by atoms with van der Waals surface area (Å²) in [6, 6.07) is 16.6. The lowest BCUT2D eigenvalue weighted by Crippen LogP contribution is -2.08. The minimum atomic E-state index is 0.819. The van der Waals surface area contributed by atoms with Crippen LogP contribution in [0.4, 0.5) is 5.69 Å². The van der Waals surface area contributed by atoms with Crippen LogP contribution >= 0.6 is 22.9 Å². The molecule has 1 aromatic heterocycles. The van der Waals surface area contributed by atoms with Crippen LogP contribution in [-0.4, -0.2) is 14.1 Å². The Balaban J connectivity index is 2.37. The Kier molecular flexibility index (Phi) is 3.21. The van der Waals surface area contributed by atoms with Gasteiger partial charge < -0.3 is 4.90 Å². The highest BCUT2D eigenvalue weighted by molar-refractivity contribution is 7.23. The van der Waals surface area contributed by atoms with Gasteiger partial charge in [0.15, 0.2) is 0 Å². The Morgan fingerprint density at radius 1 is 0.947 bits per heavy atom. The van der Waals surface area contributed by atoms with Crippen molar-refractivity contribution < 1.29 is 0 Å². The van der Waals surface area contributed by atoms with Gasteiger partial charge in [-0.3, -0.25) is 0 Å². The number of benzene rings is 2. The zero-order valence-corrected chi connectivity index (χ0v) is 12.4. The summed E-state index contributed by atoms with van der Waals surface area (Å²) in [7, 11) is 4.13.